The summed E-state index contributed by atoms with van der Waals surface area (Å²) in [5.41, 5.74) is 1.59. The molecule has 1 aromatic rings. The molecule has 100 valence electrons. The van der Waals surface area contributed by atoms with Crippen molar-refractivity contribution in [3.05, 3.63) is 29.6 Å². The molecule has 0 bridgehead atoms. The first-order valence-electron chi connectivity index (χ1n) is 6.25. The zero-order valence-electron chi connectivity index (χ0n) is 11.2. The summed E-state index contributed by atoms with van der Waals surface area (Å²) in [6, 6.07) is 5.13. The average molecular weight is 271 g/mol. The Labute approximate surface area is 113 Å². The van der Waals surface area contributed by atoms with Gasteiger partial charge in [0.2, 0.25) is 0 Å². The summed E-state index contributed by atoms with van der Waals surface area (Å²) in [6.07, 6.45) is 0. The minimum Gasteiger partial charge on any atom is -0.366 e. The summed E-state index contributed by atoms with van der Waals surface area (Å²) >= 11 is 5.92. The van der Waals surface area contributed by atoms with Crippen LogP contribution >= 0.6 is 11.6 Å². The van der Waals surface area contributed by atoms with Crippen molar-refractivity contribution in [2.45, 2.75) is 25.3 Å². The molecule has 0 aromatic heterocycles. The van der Waals surface area contributed by atoms with Crippen molar-refractivity contribution in [2.75, 3.05) is 31.6 Å². The fourth-order valence-corrected chi connectivity index (χ4v) is 2.67. The monoisotopic (exact) mass is 270 g/mol. The summed E-state index contributed by atoms with van der Waals surface area (Å²) in [6.45, 7) is 6.95. The van der Waals surface area contributed by atoms with Crippen molar-refractivity contribution in [2.24, 2.45) is 0 Å². The molecule has 0 saturated carbocycles. The molecule has 1 fully saturated rings. The lowest BCUT2D eigenvalue weighted by molar-refractivity contribution is 0.138. The SMILES string of the molecule is CN1CCN(c2c(F)cccc2CCl)CC1(C)C. The Kier molecular flexibility index (Phi) is 3.83. The largest absolute Gasteiger partial charge is 0.366 e. The first-order valence-corrected chi connectivity index (χ1v) is 6.79. The molecule has 1 heterocycles. The number of nitrogens with zero attached hydrogens (tertiary/aromatic N) is 2. The third kappa shape index (κ3) is 2.47. The van der Waals surface area contributed by atoms with Crippen LogP contribution in [0.1, 0.15) is 19.4 Å². The van der Waals surface area contributed by atoms with Crippen LogP contribution in [0.25, 0.3) is 0 Å². The molecular formula is C14H20ClFN2. The minimum absolute atomic E-state index is 0.0457. The molecule has 1 aromatic carbocycles. The van der Waals surface area contributed by atoms with E-state index in [1.165, 1.54) is 6.07 Å². The van der Waals surface area contributed by atoms with E-state index < -0.39 is 0 Å². The molecule has 0 atom stereocenters. The molecule has 0 unspecified atom stereocenters. The molecule has 1 aliphatic rings. The van der Waals surface area contributed by atoms with Crippen molar-refractivity contribution in [3.8, 4) is 0 Å². The number of para-hydroxylation sites is 1. The lowest BCUT2D eigenvalue weighted by Gasteiger charge is -2.46. The average Bonchev–Trinajstić information content (AvgIpc) is 2.32. The molecule has 1 saturated heterocycles. The molecule has 18 heavy (non-hydrogen) atoms. The van der Waals surface area contributed by atoms with Crippen molar-refractivity contribution in [1.82, 2.24) is 4.90 Å². The van der Waals surface area contributed by atoms with E-state index in [-0.39, 0.29) is 11.4 Å². The van der Waals surface area contributed by atoms with Gasteiger partial charge in [0.25, 0.3) is 0 Å². The topological polar surface area (TPSA) is 6.48 Å². The number of rotatable bonds is 2. The quantitative estimate of drug-likeness (QED) is 0.762. The predicted molar refractivity (Wildman–Crippen MR) is 74.9 cm³/mol. The molecule has 2 rings (SSSR count). The van der Waals surface area contributed by atoms with E-state index in [9.17, 15) is 4.39 Å². The molecule has 1 aliphatic heterocycles. The second-order valence-corrected chi connectivity index (χ2v) is 5.80. The zero-order chi connectivity index (χ0) is 13.3. The van der Waals surface area contributed by atoms with Gasteiger partial charge in [-0.05, 0) is 32.5 Å². The van der Waals surface area contributed by atoms with Crippen LogP contribution in [0.4, 0.5) is 10.1 Å². The second-order valence-electron chi connectivity index (χ2n) is 5.54. The van der Waals surface area contributed by atoms with Crippen LogP contribution < -0.4 is 4.90 Å². The molecular weight excluding hydrogens is 251 g/mol. The van der Waals surface area contributed by atoms with Crippen LogP contribution in [0, 0.1) is 5.82 Å². The fraction of sp³-hybridized carbons (Fsp3) is 0.571. The summed E-state index contributed by atoms with van der Waals surface area (Å²) in [5, 5.41) is 0. The van der Waals surface area contributed by atoms with Gasteiger partial charge >= 0.3 is 0 Å². The van der Waals surface area contributed by atoms with Crippen LogP contribution in [-0.4, -0.2) is 37.1 Å². The molecule has 0 N–H and O–H groups in total. The lowest BCUT2D eigenvalue weighted by Crippen LogP contribution is -2.58. The Morgan fingerprint density at radius 1 is 1.33 bits per heavy atom. The van der Waals surface area contributed by atoms with Gasteiger partial charge in [0, 0.05) is 31.1 Å². The van der Waals surface area contributed by atoms with E-state index in [0.29, 0.717) is 11.6 Å². The molecule has 0 radical (unpaired) electrons. The van der Waals surface area contributed by atoms with E-state index >= 15 is 0 Å². The highest BCUT2D eigenvalue weighted by Crippen LogP contribution is 2.30. The van der Waals surface area contributed by atoms with Crippen LogP contribution in [0.5, 0.6) is 0 Å². The Hall–Kier alpha value is -0.800. The van der Waals surface area contributed by atoms with Crippen LogP contribution in [-0.2, 0) is 5.88 Å². The highest BCUT2D eigenvalue weighted by atomic mass is 35.5. The number of likely N-dealkylation sites (N-methyl/N-ethyl adjacent to an activating group) is 1. The molecule has 2 nitrogen and oxygen atoms in total. The summed E-state index contributed by atoms with van der Waals surface area (Å²) in [7, 11) is 2.11. The van der Waals surface area contributed by atoms with Gasteiger partial charge in [-0.15, -0.1) is 11.6 Å². The van der Waals surface area contributed by atoms with Crippen molar-refractivity contribution in [1.29, 1.82) is 0 Å². The number of hydrogen-bond donors (Lipinski definition) is 0. The van der Waals surface area contributed by atoms with Gasteiger partial charge in [0.05, 0.1) is 5.69 Å². The van der Waals surface area contributed by atoms with E-state index in [1.807, 2.05) is 6.07 Å². The van der Waals surface area contributed by atoms with Gasteiger partial charge < -0.3 is 4.90 Å². The third-order valence-electron chi connectivity index (χ3n) is 3.85. The first-order chi connectivity index (χ1) is 8.45. The predicted octanol–water partition coefficient (Wildman–Crippen LogP) is 3.09. The van der Waals surface area contributed by atoms with Gasteiger partial charge in [-0.1, -0.05) is 12.1 Å². The number of piperazine rings is 1. The number of hydrogen-bond acceptors (Lipinski definition) is 2. The fourth-order valence-electron chi connectivity index (χ4n) is 2.45. The lowest BCUT2D eigenvalue weighted by atomic mass is 9.98. The van der Waals surface area contributed by atoms with E-state index in [1.54, 1.807) is 6.07 Å². The Balaban J connectivity index is 2.33. The number of anilines is 1. The molecule has 0 amide bonds. The Morgan fingerprint density at radius 3 is 2.67 bits per heavy atom. The molecule has 0 aliphatic carbocycles. The normalized spacial score (nSPS) is 20.2. The standard InChI is InChI=1S/C14H20ClFN2/c1-14(2)10-18(8-7-17(14)3)13-11(9-15)5-4-6-12(13)16/h4-6H,7-10H2,1-3H3. The highest BCUT2D eigenvalue weighted by Gasteiger charge is 2.32. The summed E-state index contributed by atoms with van der Waals surface area (Å²) < 4.78 is 14.1. The van der Waals surface area contributed by atoms with Crippen LogP contribution in [0.3, 0.4) is 0 Å². The Bertz CT molecular complexity index is 434. The summed E-state index contributed by atoms with van der Waals surface area (Å²) in [5.74, 6) is 0.174. The maximum atomic E-state index is 14.1. The van der Waals surface area contributed by atoms with Crippen LogP contribution in [0.15, 0.2) is 18.2 Å². The number of alkyl halides is 1. The van der Waals surface area contributed by atoms with E-state index in [2.05, 4.69) is 30.7 Å². The van der Waals surface area contributed by atoms with Gasteiger partial charge in [-0.3, -0.25) is 4.90 Å². The van der Waals surface area contributed by atoms with Crippen molar-refractivity contribution >= 4 is 17.3 Å². The summed E-state index contributed by atoms with van der Waals surface area (Å²) in [4.78, 5) is 4.43. The molecule has 0 spiro atoms. The zero-order valence-corrected chi connectivity index (χ0v) is 12.0. The Morgan fingerprint density at radius 2 is 2.06 bits per heavy atom. The van der Waals surface area contributed by atoms with Crippen molar-refractivity contribution in [3.63, 3.8) is 0 Å². The van der Waals surface area contributed by atoms with Gasteiger partial charge in [-0.2, -0.15) is 0 Å². The second kappa shape index (κ2) is 5.06. The van der Waals surface area contributed by atoms with E-state index in [4.69, 9.17) is 11.6 Å². The van der Waals surface area contributed by atoms with Gasteiger partial charge in [-0.25, -0.2) is 4.39 Å². The maximum absolute atomic E-state index is 14.1. The van der Waals surface area contributed by atoms with Gasteiger partial charge in [0.15, 0.2) is 0 Å². The smallest absolute Gasteiger partial charge is 0.146 e. The minimum atomic E-state index is -0.173. The van der Waals surface area contributed by atoms with Crippen molar-refractivity contribution < 1.29 is 4.39 Å². The maximum Gasteiger partial charge on any atom is 0.146 e. The number of benzene rings is 1. The van der Waals surface area contributed by atoms with E-state index in [0.717, 1.165) is 25.2 Å². The first kappa shape index (κ1) is 13.6. The van der Waals surface area contributed by atoms with Gasteiger partial charge in [0.1, 0.15) is 5.82 Å². The number of halogens is 2. The highest BCUT2D eigenvalue weighted by molar-refractivity contribution is 6.17. The van der Waals surface area contributed by atoms with Crippen LogP contribution in [0.2, 0.25) is 0 Å². The molecule has 4 heteroatoms. The third-order valence-corrected chi connectivity index (χ3v) is 4.13.